The van der Waals surface area contributed by atoms with Gasteiger partial charge in [0.2, 0.25) is 0 Å². The highest BCUT2D eigenvalue weighted by Gasteiger charge is 2.23. The number of carbonyl (C=O) groups excluding carboxylic acids is 1. The Hall–Kier alpha value is -2.42. The van der Waals surface area contributed by atoms with Crippen molar-refractivity contribution in [3.63, 3.8) is 0 Å². The lowest BCUT2D eigenvalue weighted by Gasteiger charge is -2.21. The topological polar surface area (TPSA) is 34.4 Å². The van der Waals surface area contributed by atoms with Gasteiger partial charge in [0.05, 0.1) is 5.69 Å². The number of aliphatic imine (C=N–C) groups is 1. The molecule has 3 heteroatoms. The molecule has 1 aliphatic rings. The van der Waals surface area contributed by atoms with Crippen LogP contribution in [0.15, 0.2) is 41.5 Å². The van der Waals surface area contributed by atoms with E-state index in [2.05, 4.69) is 36.2 Å². The molecular formula is C21H24N2O. The number of aromatic nitrogens is 1. The highest BCUT2D eigenvalue weighted by atomic mass is 16.1. The van der Waals surface area contributed by atoms with Gasteiger partial charge >= 0.3 is 0 Å². The van der Waals surface area contributed by atoms with Crippen LogP contribution in [0.25, 0.3) is 11.3 Å². The van der Waals surface area contributed by atoms with Gasteiger partial charge in [0.1, 0.15) is 0 Å². The third kappa shape index (κ3) is 2.99. The van der Waals surface area contributed by atoms with Gasteiger partial charge in [-0.25, -0.2) is 0 Å². The molecule has 24 heavy (non-hydrogen) atoms. The van der Waals surface area contributed by atoms with Crippen LogP contribution in [0.2, 0.25) is 0 Å². The van der Waals surface area contributed by atoms with Crippen molar-refractivity contribution in [2.75, 3.05) is 0 Å². The number of hydrogen-bond donors (Lipinski definition) is 0. The van der Waals surface area contributed by atoms with Crippen LogP contribution in [0.4, 0.5) is 0 Å². The smallest absolute Gasteiger partial charge is 0.159 e. The van der Waals surface area contributed by atoms with Gasteiger partial charge in [-0.2, -0.15) is 0 Å². The second-order valence-corrected chi connectivity index (χ2v) is 6.78. The predicted octanol–water partition coefficient (Wildman–Crippen LogP) is 4.87. The van der Waals surface area contributed by atoms with Gasteiger partial charge in [0.15, 0.2) is 5.78 Å². The first-order valence-corrected chi connectivity index (χ1v) is 8.49. The van der Waals surface area contributed by atoms with E-state index in [-0.39, 0.29) is 5.78 Å². The van der Waals surface area contributed by atoms with Gasteiger partial charge in [-0.15, -0.1) is 0 Å². The molecule has 0 amide bonds. The molecule has 1 aromatic carbocycles. The van der Waals surface area contributed by atoms with Gasteiger partial charge in [-0.3, -0.25) is 9.79 Å². The number of rotatable bonds is 4. The van der Waals surface area contributed by atoms with Crippen molar-refractivity contribution < 1.29 is 4.79 Å². The molecule has 1 aromatic heterocycles. The van der Waals surface area contributed by atoms with Crippen molar-refractivity contribution in [1.82, 2.24) is 4.57 Å². The summed E-state index contributed by atoms with van der Waals surface area (Å²) < 4.78 is 2.32. The van der Waals surface area contributed by atoms with Crippen molar-refractivity contribution in [1.29, 1.82) is 0 Å². The minimum atomic E-state index is 0.0945. The summed E-state index contributed by atoms with van der Waals surface area (Å²) in [5.74, 6) is 0.820. The zero-order valence-corrected chi connectivity index (χ0v) is 14.7. The zero-order chi connectivity index (χ0) is 17.3. The van der Waals surface area contributed by atoms with Gasteiger partial charge in [-0.1, -0.05) is 6.92 Å². The van der Waals surface area contributed by atoms with Crippen LogP contribution < -0.4 is 0 Å². The summed E-state index contributed by atoms with van der Waals surface area (Å²) in [6.07, 6.45) is 5.23. The monoisotopic (exact) mass is 320 g/mol. The van der Waals surface area contributed by atoms with E-state index in [9.17, 15) is 4.79 Å². The second kappa shape index (κ2) is 6.60. The Labute approximate surface area is 143 Å². The average molecular weight is 320 g/mol. The van der Waals surface area contributed by atoms with Crippen LogP contribution in [-0.4, -0.2) is 17.1 Å². The maximum Gasteiger partial charge on any atom is 0.159 e. The fraction of sp³-hybridized carbons (Fsp3) is 0.333. The predicted molar refractivity (Wildman–Crippen MR) is 100 cm³/mol. The van der Waals surface area contributed by atoms with E-state index in [1.54, 1.807) is 6.92 Å². The summed E-state index contributed by atoms with van der Waals surface area (Å²) in [5, 5.41) is 0. The van der Waals surface area contributed by atoms with Crippen molar-refractivity contribution >= 4 is 18.1 Å². The van der Waals surface area contributed by atoms with E-state index in [1.807, 2.05) is 30.5 Å². The van der Waals surface area contributed by atoms with E-state index < -0.39 is 0 Å². The van der Waals surface area contributed by atoms with Crippen molar-refractivity contribution in [3.8, 4) is 5.69 Å². The van der Waals surface area contributed by atoms with Crippen LogP contribution in [0, 0.1) is 5.92 Å². The molecule has 3 rings (SSSR count). The minimum Gasteiger partial charge on any atom is -0.314 e. The Morgan fingerprint density at radius 2 is 2.00 bits per heavy atom. The fourth-order valence-corrected chi connectivity index (χ4v) is 3.54. The van der Waals surface area contributed by atoms with E-state index in [0.717, 1.165) is 41.3 Å². The quantitative estimate of drug-likeness (QED) is 0.585. The Morgan fingerprint density at radius 3 is 2.62 bits per heavy atom. The van der Waals surface area contributed by atoms with Crippen LogP contribution in [-0.2, 0) is 12.8 Å². The number of hydrogen-bond acceptors (Lipinski definition) is 2. The Balaban J connectivity index is 2.15. The molecule has 0 saturated carbocycles. The van der Waals surface area contributed by atoms with E-state index in [4.69, 9.17) is 0 Å². The van der Waals surface area contributed by atoms with E-state index in [1.165, 1.54) is 17.7 Å². The third-order valence-corrected chi connectivity index (χ3v) is 4.86. The van der Waals surface area contributed by atoms with Gasteiger partial charge < -0.3 is 4.57 Å². The summed E-state index contributed by atoms with van der Waals surface area (Å²) >= 11 is 0. The molecular weight excluding hydrogens is 296 g/mol. The number of carbonyl (C=O) groups is 1. The number of ketones is 1. The van der Waals surface area contributed by atoms with Gasteiger partial charge in [0, 0.05) is 23.1 Å². The molecule has 2 aromatic rings. The summed E-state index contributed by atoms with van der Waals surface area (Å²) in [7, 11) is 0. The van der Waals surface area contributed by atoms with Gasteiger partial charge in [-0.05, 0) is 87.2 Å². The molecule has 0 spiro atoms. The first-order valence-electron chi connectivity index (χ1n) is 8.49. The molecule has 1 unspecified atom stereocenters. The summed E-state index contributed by atoms with van der Waals surface area (Å²) in [4.78, 5) is 15.5. The Morgan fingerprint density at radius 1 is 1.29 bits per heavy atom. The molecule has 3 nitrogen and oxygen atoms in total. The van der Waals surface area contributed by atoms with Crippen LogP contribution >= 0.6 is 0 Å². The highest BCUT2D eigenvalue weighted by molar-refractivity contribution is 5.94. The summed E-state index contributed by atoms with van der Waals surface area (Å²) in [6.45, 7) is 9.56. The van der Waals surface area contributed by atoms with Crippen LogP contribution in [0.5, 0.6) is 0 Å². The van der Waals surface area contributed by atoms with E-state index >= 15 is 0 Å². The number of Topliss-reactive ketones (excluding diaryl/α,β-unsaturated/α-hetero) is 1. The number of allylic oxidation sites excluding steroid dienone is 1. The third-order valence-electron chi connectivity index (χ3n) is 4.86. The Kier molecular flexibility index (Phi) is 4.52. The lowest BCUT2D eigenvalue weighted by molar-refractivity contribution is 0.101. The first-order chi connectivity index (χ1) is 11.5. The van der Waals surface area contributed by atoms with Crippen LogP contribution in [0.3, 0.4) is 0 Å². The molecule has 0 fully saturated rings. The SMILES string of the molecule is C=N/C=C(\C)c1cc2c(n1-c1ccc(C(C)=O)cc1)CCC(C)C2. The number of fused-ring (bicyclic) bond motifs is 1. The Bertz CT molecular complexity index is 809. The summed E-state index contributed by atoms with van der Waals surface area (Å²) in [5.41, 5.74) is 6.92. The molecule has 1 aliphatic carbocycles. The molecule has 0 radical (unpaired) electrons. The minimum absolute atomic E-state index is 0.0945. The number of nitrogens with zero attached hydrogens (tertiary/aromatic N) is 2. The van der Waals surface area contributed by atoms with Crippen molar-refractivity contribution in [3.05, 3.63) is 59.0 Å². The lowest BCUT2D eigenvalue weighted by atomic mass is 9.89. The molecule has 1 atom stereocenters. The molecule has 0 aliphatic heterocycles. The second-order valence-electron chi connectivity index (χ2n) is 6.78. The zero-order valence-electron chi connectivity index (χ0n) is 14.7. The lowest BCUT2D eigenvalue weighted by Crippen LogP contribution is -2.13. The largest absolute Gasteiger partial charge is 0.314 e. The summed E-state index contributed by atoms with van der Waals surface area (Å²) in [6, 6.07) is 10.2. The fourth-order valence-electron chi connectivity index (χ4n) is 3.54. The van der Waals surface area contributed by atoms with Gasteiger partial charge in [0.25, 0.3) is 0 Å². The first kappa shape index (κ1) is 16.4. The van der Waals surface area contributed by atoms with Crippen LogP contribution in [0.1, 0.15) is 54.5 Å². The molecule has 0 bridgehead atoms. The number of benzene rings is 1. The van der Waals surface area contributed by atoms with Crippen molar-refractivity contribution in [2.45, 2.75) is 40.0 Å². The maximum atomic E-state index is 11.5. The molecule has 124 valence electrons. The molecule has 1 heterocycles. The molecule has 0 saturated heterocycles. The maximum absolute atomic E-state index is 11.5. The van der Waals surface area contributed by atoms with E-state index in [0.29, 0.717) is 0 Å². The molecule has 0 N–H and O–H groups in total. The highest BCUT2D eigenvalue weighted by Crippen LogP contribution is 2.33. The normalized spacial score (nSPS) is 17.5. The average Bonchev–Trinajstić information content (AvgIpc) is 2.93. The standard InChI is InChI=1S/C21H24N2O/c1-14-5-10-20-18(11-14)12-21(15(2)13-22-4)23(20)19-8-6-17(7-9-19)16(3)24/h6-9,12-14H,4-5,10-11H2,1-3H3/b15-13+. The van der Waals surface area contributed by atoms with Crippen molar-refractivity contribution in [2.24, 2.45) is 10.9 Å².